The van der Waals surface area contributed by atoms with E-state index in [4.69, 9.17) is 25.8 Å². The van der Waals surface area contributed by atoms with Gasteiger partial charge in [-0.05, 0) is 41.8 Å². The fourth-order valence-electron chi connectivity index (χ4n) is 2.65. The van der Waals surface area contributed by atoms with Crippen molar-refractivity contribution in [1.29, 1.82) is 0 Å². The van der Waals surface area contributed by atoms with Crippen LogP contribution in [0.15, 0.2) is 36.4 Å². The molecule has 1 amide bonds. The molecule has 0 radical (unpaired) electrons. The maximum Gasteiger partial charge on any atom is 0.224 e. The Balaban J connectivity index is 1.50. The lowest BCUT2D eigenvalue weighted by molar-refractivity contribution is -0.120. The Hall–Kier alpha value is -2.40. The van der Waals surface area contributed by atoms with Crippen molar-refractivity contribution in [2.45, 2.75) is 12.8 Å². The summed E-state index contributed by atoms with van der Waals surface area (Å²) in [6.07, 6.45) is 1.01. The summed E-state index contributed by atoms with van der Waals surface area (Å²) in [6, 6.07) is 11.2. The maximum atomic E-state index is 12.0. The van der Waals surface area contributed by atoms with Crippen molar-refractivity contribution in [2.24, 2.45) is 0 Å². The molecule has 25 heavy (non-hydrogen) atoms. The quantitative estimate of drug-likeness (QED) is 0.859. The number of ether oxygens (including phenoxy) is 3. The third kappa shape index (κ3) is 4.57. The van der Waals surface area contributed by atoms with E-state index >= 15 is 0 Å². The lowest BCUT2D eigenvalue weighted by atomic mass is 10.1. The SMILES string of the molecule is COc1ccc(CC(=O)NCCc2cc(Cl)c3c(c2)OCCO3)cc1. The van der Waals surface area contributed by atoms with Crippen LogP contribution < -0.4 is 19.5 Å². The van der Waals surface area contributed by atoms with E-state index in [9.17, 15) is 4.79 Å². The predicted molar refractivity (Wildman–Crippen MR) is 95.9 cm³/mol. The third-order valence-electron chi connectivity index (χ3n) is 3.92. The predicted octanol–water partition coefficient (Wildman–Crippen LogP) is 3.02. The highest BCUT2D eigenvalue weighted by molar-refractivity contribution is 6.32. The van der Waals surface area contributed by atoms with Gasteiger partial charge in [0.15, 0.2) is 11.5 Å². The zero-order valence-electron chi connectivity index (χ0n) is 14.0. The van der Waals surface area contributed by atoms with Crippen LogP contribution in [0.2, 0.25) is 5.02 Å². The van der Waals surface area contributed by atoms with E-state index in [0.29, 0.717) is 49.1 Å². The third-order valence-corrected chi connectivity index (χ3v) is 4.20. The summed E-state index contributed by atoms with van der Waals surface area (Å²) in [6.45, 7) is 1.56. The zero-order valence-corrected chi connectivity index (χ0v) is 14.8. The van der Waals surface area contributed by atoms with E-state index in [0.717, 1.165) is 16.9 Å². The van der Waals surface area contributed by atoms with Gasteiger partial charge in [0.2, 0.25) is 5.91 Å². The Morgan fingerprint density at radius 3 is 2.68 bits per heavy atom. The number of hydrogen-bond acceptors (Lipinski definition) is 4. The van der Waals surface area contributed by atoms with Crippen LogP contribution >= 0.6 is 11.6 Å². The number of rotatable bonds is 6. The summed E-state index contributed by atoms with van der Waals surface area (Å²) in [4.78, 5) is 12.0. The van der Waals surface area contributed by atoms with Gasteiger partial charge < -0.3 is 19.5 Å². The van der Waals surface area contributed by atoms with Crippen molar-refractivity contribution in [3.8, 4) is 17.2 Å². The smallest absolute Gasteiger partial charge is 0.224 e. The Labute approximate surface area is 151 Å². The molecule has 132 valence electrons. The van der Waals surface area contributed by atoms with E-state index < -0.39 is 0 Å². The first-order chi connectivity index (χ1) is 12.2. The number of methoxy groups -OCH3 is 1. The molecule has 0 spiro atoms. The number of benzene rings is 2. The normalized spacial score (nSPS) is 12.6. The fraction of sp³-hybridized carbons (Fsp3) is 0.316. The summed E-state index contributed by atoms with van der Waals surface area (Å²) in [5.41, 5.74) is 1.94. The number of amides is 1. The molecule has 2 aromatic rings. The van der Waals surface area contributed by atoms with E-state index in [1.165, 1.54) is 0 Å². The van der Waals surface area contributed by atoms with Gasteiger partial charge >= 0.3 is 0 Å². The average molecular weight is 362 g/mol. The van der Waals surface area contributed by atoms with Gasteiger partial charge in [-0.15, -0.1) is 0 Å². The second-order valence-corrected chi connectivity index (χ2v) is 6.13. The van der Waals surface area contributed by atoms with Crippen LogP contribution in [0.1, 0.15) is 11.1 Å². The molecular weight excluding hydrogens is 342 g/mol. The molecule has 1 N–H and O–H groups in total. The van der Waals surface area contributed by atoms with Crippen molar-refractivity contribution in [2.75, 3.05) is 26.9 Å². The van der Waals surface area contributed by atoms with Crippen molar-refractivity contribution in [3.63, 3.8) is 0 Å². The van der Waals surface area contributed by atoms with Crippen LogP contribution in [0, 0.1) is 0 Å². The largest absolute Gasteiger partial charge is 0.497 e. The molecule has 0 atom stereocenters. The Morgan fingerprint density at radius 2 is 1.92 bits per heavy atom. The van der Waals surface area contributed by atoms with E-state index in [1.807, 2.05) is 36.4 Å². The minimum absolute atomic E-state index is 0.0196. The molecule has 0 unspecified atom stereocenters. The lowest BCUT2D eigenvalue weighted by Crippen LogP contribution is -2.27. The van der Waals surface area contributed by atoms with Crippen LogP contribution in [0.5, 0.6) is 17.2 Å². The molecule has 0 aromatic heterocycles. The summed E-state index contributed by atoms with van der Waals surface area (Å²) in [5, 5.41) is 3.46. The first-order valence-corrected chi connectivity index (χ1v) is 8.51. The van der Waals surface area contributed by atoms with Crippen molar-refractivity contribution in [1.82, 2.24) is 5.32 Å². The molecule has 1 heterocycles. The highest BCUT2D eigenvalue weighted by Gasteiger charge is 2.16. The zero-order chi connectivity index (χ0) is 17.6. The van der Waals surface area contributed by atoms with E-state index in [-0.39, 0.29) is 5.91 Å². The number of carbonyl (C=O) groups is 1. The summed E-state index contributed by atoms with van der Waals surface area (Å²) in [7, 11) is 1.62. The minimum Gasteiger partial charge on any atom is -0.497 e. The molecule has 1 aliphatic heterocycles. The van der Waals surface area contributed by atoms with Gasteiger partial charge in [-0.3, -0.25) is 4.79 Å². The highest BCUT2D eigenvalue weighted by Crippen LogP contribution is 2.38. The molecule has 0 fully saturated rings. The fourth-order valence-corrected chi connectivity index (χ4v) is 2.93. The van der Waals surface area contributed by atoms with Gasteiger partial charge in [0.05, 0.1) is 18.6 Å². The Morgan fingerprint density at radius 1 is 1.16 bits per heavy atom. The number of carbonyl (C=O) groups excluding carboxylic acids is 1. The average Bonchev–Trinajstić information content (AvgIpc) is 2.62. The first kappa shape index (κ1) is 17.4. The molecular formula is C19H20ClNO4. The molecule has 6 heteroatoms. The molecule has 1 aliphatic rings. The Bertz CT molecular complexity index is 746. The number of nitrogens with one attached hydrogen (secondary N) is 1. The topological polar surface area (TPSA) is 56.8 Å². The van der Waals surface area contributed by atoms with Crippen LogP contribution in [0.25, 0.3) is 0 Å². The van der Waals surface area contributed by atoms with Crippen molar-refractivity contribution in [3.05, 3.63) is 52.5 Å². The highest BCUT2D eigenvalue weighted by atomic mass is 35.5. The van der Waals surface area contributed by atoms with Crippen molar-refractivity contribution >= 4 is 17.5 Å². The summed E-state index contributed by atoms with van der Waals surface area (Å²) < 4.78 is 16.2. The van der Waals surface area contributed by atoms with Crippen LogP contribution in [0.3, 0.4) is 0 Å². The van der Waals surface area contributed by atoms with E-state index in [1.54, 1.807) is 7.11 Å². The van der Waals surface area contributed by atoms with Crippen LogP contribution in [0.4, 0.5) is 0 Å². The van der Waals surface area contributed by atoms with Gasteiger partial charge in [0.25, 0.3) is 0 Å². The maximum absolute atomic E-state index is 12.0. The summed E-state index contributed by atoms with van der Waals surface area (Å²) in [5.74, 6) is 2.02. The summed E-state index contributed by atoms with van der Waals surface area (Å²) >= 11 is 6.22. The van der Waals surface area contributed by atoms with Gasteiger partial charge in [-0.2, -0.15) is 0 Å². The molecule has 0 aliphatic carbocycles. The molecule has 0 saturated carbocycles. The van der Waals surface area contributed by atoms with Gasteiger partial charge in [-0.25, -0.2) is 0 Å². The van der Waals surface area contributed by atoms with Crippen LogP contribution in [-0.2, 0) is 17.6 Å². The number of hydrogen-bond donors (Lipinski definition) is 1. The number of halogens is 1. The first-order valence-electron chi connectivity index (χ1n) is 8.13. The minimum atomic E-state index is -0.0196. The number of fused-ring (bicyclic) bond motifs is 1. The molecule has 3 rings (SSSR count). The lowest BCUT2D eigenvalue weighted by Gasteiger charge is -2.20. The molecule has 0 saturated heterocycles. The van der Waals surface area contributed by atoms with Gasteiger partial charge in [-0.1, -0.05) is 23.7 Å². The second-order valence-electron chi connectivity index (χ2n) is 5.73. The second kappa shape index (κ2) is 8.12. The molecule has 2 aromatic carbocycles. The van der Waals surface area contributed by atoms with Crippen LogP contribution in [-0.4, -0.2) is 32.8 Å². The van der Waals surface area contributed by atoms with E-state index in [2.05, 4.69) is 5.32 Å². The monoisotopic (exact) mass is 361 g/mol. The molecule has 5 nitrogen and oxygen atoms in total. The Kier molecular flexibility index (Phi) is 5.66. The van der Waals surface area contributed by atoms with Gasteiger partial charge in [0, 0.05) is 6.54 Å². The van der Waals surface area contributed by atoms with Crippen molar-refractivity contribution < 1.29 is 19.0 Å². The van der Waals surface area contributed by atoms with Gasteiger partial charge in [0.1, 0.15) is 19.0 Å². The standard InChI is InChI=1S/C19H20ClNO4/c1-23-15-4-2-13(3-5-15)12-18(22)21-7-6-14-10-16(20)19-17(11-14)24-8-9-25-19/h2-5,10-11H,6-9,12H2,1H3,(H,21,22). The molecule has 0 bridgehead atoms.